The fraction of sp³-hybridized carbons (Fsp3) is 0.0714. The van der Waals surface area contributed by atoms with Crippen LogP contribution in [0.1, 0.15) is 43.0 Å². The first kappa shape index (κ1) is 30.6. The molecule has 0 aromatic heterocycles. The van der Waals surface area contributed by atoms with Crippen LogP contribution in [0.5, 0.6) is 0 Å². The summed E-state index contributed by atoms with van der Waals surface area (Å²) in [6.45, 7) is 3.29. The minimum Gasteiger partial charge on any atom is -0.354 e. The van der Waals surface area contributed by atoms with Crippen molar-refractivity contribution < 1.29 is 35.5 Å². The van der Waals surface area contributed by atoms with Crippen LogP contribution in [0.3, 0.4) is 0 Å². The minimum atomic E-state index is -4.65. The number of carbonyl (C=O) groups excluding carboxylic acids is 2. The van der Waals surface area contributed by atoms with Crippen molar-refractivity contribution in [3.05, 3.63) is 106 Å². The smallest absolute Gasteiger partial charge is 0.296 e. The number of rotatable bonds is 6. The standard InChI is InChI=1S/C28H22N2O8S2.Na/c1-15-7-9-19(23(13-15)39(33,34)35)29-21-11-12-22(30-20-10-8-16(2)14-24(20)40(36,37)38)26-25(21)27(31)17-5-3-4-6-18(17)28(26)32;/h3-14,29-30H,1-2H3,(H,33,34,35)(H,36,37,38);. The average molecular weight is 602 g/mol. The maximum absolute atomic E-state index is 13.8. The van der Waals surface area contributed by atoms with Gasteiger partial charge in [-0.25, -0.2) is 0 Å². The van der Waals surface area contributed by atoms with Gasteiger partial charge in [0, 0.05) is 40.7 Å². The summed E-state index contributed by atoms with van der Waals surface area (Å²) in [5.74, 6) is -1.06. The molecular formula is C28H22N2NaO8S2. The second-order valence-electron chi connectivity index (χ2n) is 9.31. The molecule has 5 rings (SSSR count). The molecule has 41 heavy (non-hydrogen) atoms. The molecule has 4 N–H and O–H groups in total. The summed E-state index contributed by atoms with van der Waals surface area (Å²) in [6.07, 6.45) is 0. The summed E-state index contributed by atoms with van der Waals surface area (Å²) in [5, 5.41) is 5.75. The topological polar surface area (TPSA) is 167 Å². The number of hydrogen-bond donors (Lipinski definition) is 4. The van der Waals surface area contributed by atoms with Crippen LogP contribution in [0, 0.1) is 13.8 Å². The van der Waals surface area contributed by atoms with Gasteiger partial charge in [-0.2, -0.15) is 16.8 Å². The van der Waals surface area contributed by atoms with Gasteiger partial charge in [0.15, 0.2) is 11.6 Å². The number of aryl methyl sites for hydroxylation is 2. The molecule has 1 aliphatic carbocycles. The summed E-state index contributed by atoms with van der Waals surface area (Å²) in [7, 11) is -9.30. The Bertz CT molecular complexity index is 1830. The Hall–Kier alpha value is -3.36. The van der Waals surface area contributed by atoms with Gasteiger partial charge in [0.05, 0.1) is 33.9 Å². The molecule has 1 aliphatic rings. The van der Waals surface area contributed by atoms with Crippen molar-refractivity contribution in [2.24, 2.45) is 0 Å². The van der Waals surface area contributed by atoms with Crippen molar-refractivity contribution in [2.75, 3.05) is 10.6 Å². The van der Waals surface area contributed by atoms with Crippen molar-refractivity contribution in [1.29, 1.82) is 0 Å². The summed E-state index contributed by atoms with van der Waals surface area (Å²) < 4.78 is 67.9. The van der Waals surface area contributed by atoms with E-state index in [0.29, 0.717) is 11.1 Å². The number of fused-ring (bicyclic) bond motifs is 2. The number of hydrogen-bond acceptors (Lipinski definition) is 8. The van der Waals surface area contributed by atoms with Crippen LogP contribution in [-0.2, 0) is 20.2 Å². The third kappa shape index (κ3) is 5.86. The third-order valence-electron chi connectivity index (χ3n) is 6.44. The van der Waals surface area contributed by atoms with Gasteiger partial charge >= 0.3 is 0 Å². The molecule has 0 saturated heterocycles. The zero-order valence-corrected chi connectivity index (χ0v) is 25.7. The molecule has 1 radical (unpaired) electrons. The van der Waals surface area contributed by atoms with E-state index in [1.807, 2.05) is 0 Å². The van der Waals surface area contributed by atoms with Crippen LogP contribution >= 0.6 is 0 Å². The second kappa shape index (κ2) is 11.1. The van der Waals surface area contributed by atoms with Gasteiger partial charge in [-0.3, -0.25) is 18.7 Å². The van der Waals surface area contributed by atoms with E-state index in [9.17, 15) is 35.5 Å². The molecule has 0 atom stereocenters. The SMILES string of the molecule is Cc1ccc(Nc2ccc(Nc3ccc(C)cc3S(=O)(=O)O)c3c2C(=O)c2ccccc2C3=O)c(S(=O)(=O)O)c1.[Na]. The largest absolute Gasteiger partial charge is 0.354 e. The maximum atomic E-state index is 13.8. The number of ketones is 2. The first-order valence-electron chi connectivity index (χ1n) is 11.8. The number of anilines is 4. The van der Waals surface area contributed by atoms with E-state index in [4.69, 9.17) is 0 Å². The quantitative estimate of drug-likeness (QED) is 0.159. The van der Waals surface area contributed by atoms with Crippen molar-refractivity contribution >= 4 is 84.1 Å². The molecule has 0 spiro atoms. The van der Waals surface area contributed by atoms with Gasteiger partial charge in [0.2, 0.25) is 0 Å². The van der Waals surface area contributed by atoms with Gasteiger partial charge in [0.1, 0.15) is 9.79 Å². The Kier molecular flexibility index (Phi) is 8.31. The van der Waals surface area contributed by atoms with Crippen LogP contribution in [0.15, 0.2) is 82.6 Å². The van der Waals surface area contributed by atoms with E-state index in [0.717, 1.165) is 0 Å². The molecule has 10 nitrogen and oxygen atoms in total. The Balaban J connectivity index is 0.00000387. The zero-order chi connectivity index (χ0) is 29.0. The van der Waals surface area contributed by atoms with Gasteiger partial charge < -0.3 is 10.6 Å². The molecule has 0 heterocycles. The molecular weight excluding hydrogens is 579 g/mol. The molecule has 0 fully saturated rings. The average Bonchev–Trinajstić information content (AvgIpc) is 2.88. The van der Waals surface area contributed by atoms with Crippen molar-refractivity contribution in [2.45, 2.75) is 23.6 Å². The van der Waals surface area contributed by atoms with Crippen LogP contribution < -0.4 is 10.6 Å². The predicted molar refractivity (Wildman–Crippen MR) is 154 cm³/mol. The molecule has 13 heteroatoms. The normalized spacial score (nSPS) is 12.7. The molecule has 205 valence electrons. The first-order chi connectivity index (χ1) is 18.8. The Morgan fingerprint density at radius 1 is 0.561 bits per heavy atom. The van der Waals surface area contributed by atoms with E-state index in [2.05, 4.69) is 10.6 Å². The van der Waals surface area contributed by atoms with Gasteiger partial charge in [-0.1, -0.05) is 36.4 Å². The van der Waals surface area contributed by atoms with E-state index >= 15 is 0 Å². The Labute approximate surface area is 258 Å². The van der Waals surface area contributed by atoms with Crippen molar-refractivity contribution in [3.63, 3.8) is 0 Å². The number of nitrogens with one attached hydrogen (secondary N) is 2. The van der Waals surface area contributed by atoms with E-state index in [-0.39, 0.29) is 74.6 Å². The number of carbonyl (C=O) groups is 2. The molecule has 0 aliphatic heterocycles. The van der Waals surface area contributed by atoms with Crippen LogP contribution in [0.25, 0.3) is 0 Å². The third-order valence-corrected chi connectivity index (χ3v) is 8.23. The molecule has 0 unspecified atom stereocenters. The molecule has 0 bridgehead atoms. The number of benzene rings is 4. The summed E-state index contributed by atoms with van der Waals surface area (Å²) in [5.41, 5.74) is 1.33. The fourth-order valence-corrected chi connectivity index (χ4v) is 6.08. The van der Waals surface area contributed by atoms with Crippen LogP contribution in [0.4, 0.5) is 22.7 Å². The van der Waals surface area contributed by atoms with Gasteiger partial charge in [-0.15, -0.1) is 0 Å². The molecule has 0 amide bonds. The minimum absolute atomic E-state index is 0. The zero-order valence-electron chi connectivity index (χ0n) is 22.1. The van der Waals surface area contributed by atoms with Crippen molar-refractivity contribution in [1.82, 2.24) is 0 Å². The predicted octanol–water partition coefficient (Wildman–Crippen LogP) is 4.68. The monoisotopic (exact) mass is 601 g/mol. The summed E-state index contributed by atoms with van der Waals surface area (Å²) >= 11 is 0. The maximum Gasteiger partial charge on any atom is 0.296 e. The fourth-order valence-electron chi connectivity index (χ4n) is 4.61. The molecule has 4 aromatic rings. The van der Waals surface area contributed by atoms with Gasteiger partial charge in [-0.05, 0) is 61.4 Å². The Morgan fingerprint density at radius 3 is 1.24 bits per heavy atom. The molecule has 4 aromatic carbocycles. The Morgan fingerprint density at radius 2 is 0.902 bits per heavy atom. The van der Waals surface area contributed by atoms with Crippen LogP contribution in [0.2, 0.25) is 0 Å². The molecule has 0 saturated carbocycles. The van der Waals surface area contributed by atoms with Crippen LogP contribution in [-0.4, -0.2) is 67.1 Å². The van der Waals surface area contributed by atoms with E-state index in [1.54, 1.807) is 38.1 Å². The van der Waals surface area contributed by atoms with Crippen molar-refractivity contribution in [3.8, 4) is 0 Å². The first-order valence-corrected chi connectivity index (χ1v) is 14.7. The van der Waals surface area contributed by atoms with E-state index < -0.39 is 41.6 Å². The second-order valence-corrected chi connectivity index (χ2v) is 12.1. The van der Waals surface area contributed by atoms with Gasteiger partial charge in [0.25, 0.3) is 20.2 Å². The summed E-state index contributed by atoms with van der Waals surface area (Å²) in [6, 6.07) is 17.6. The summed E-state index contributed by atoms with van der Waals surface area (Å²) in [4.78, 5) is 26.7. The van der Waals surface area contributed by atoms with E-state index in [1.165, 1.54) is 48.5 Å².